The zero-order valence-corrected chi connectivity index (χ0v) is 59.4. The zero-order valence-electron chi connectivity index (χ0n) is 58.6. The van der Waals surface area contributed by atoms with Crippen LogP contribution in [0.4, 0.5) is 0 Å². The lowest BCUT2D eigenvalue weighted by atomic mass is 9.95. The molecular formula is C84H88O18S. The summed E-state index contributed by atoms with van der Waals surface area (Å²) in [5.74, 6) is -3.50. The number of ketones is 1. The van der Waals surface area contributed by atoms with Crippen molar-refractivity contribution in [2.45, 2.75) is 165 Å². The molecule has 2 heterocycles. The van der Waals surface area contributed by atoms with Gasteiger partial charge < -0.3 is 47.8 Å². The maximum atomic E-state index is 13.2. The maximum absolute atomic E-state index is 13.2. The van der Waals surface area contributed by atoms with Crippen molar-refractivity contribution in [2.24, 2.45) is 0 Å². The van der Waals surface area contributed by atoms with Crippen LogP contribution in [0.2, 0.25) is 0 Å². The highest BCUT2D eigenvalue weighted by Gasteiger charge is 2.27. The lowest BCUT2D eigenvalue weighted by Crippen LogP contribution is -2.28. The molecule has 0 aliphatic heterocycles. The van der Waals surface area contributed by atoms with E-state index in [0.29, 0.717) is 98.6 Å². The van der Waals surface area contributed by atoms with Crippen LogP contribution in [0.3, 0.4) is 0 Å². The van der Waals surface area contributed by atoms with Crippen LogP contribution in [0.15, 0.2) is 210 Å². The topological polar surface area (TPSA) is 270 Å². The number of carbonyl (C=O) groups is 6. The number of hydrogen-bond donors (Lipinski definition) is 3. The van der Waals surface area contributed by atoms with Crippen molar-refractivity contribution in [3.05, 3.63) is 229 Å². The van der Waals surface area contributed by atoms with Crippen LogP contribution in [0.5, 0.6) is 17.2 Å². The van der Waals surface area contributed by atoms with E-state index in [1.807, 2.05) is 66.9 Å². The number of thioether (sulfide) groups is 1. The minimum atomic E-state index is -1.09. The van der Waals surface area contributed by atoms with Crippen molar-refractivity contribution in [1.29, 1.82) is 0 Å². The molecule has 3 aliphatic rings. The van der Waals surface area contributed by atoms with E-state index < -0.39 is 54.1 Å². The number of methoxy groups -OCH3 is 1. The molecule has 3 aliphatic carbocycles. The Balaban J connectivity index is 0.000000180. The van der Waals surface area contributed by atoms with Crippen molar-refractivity contribution in [3.8, 4) is 39.7 Å². The second kappa shape index (κ2) is 38.5. The summed E-state index contributed by atoms with van der Waals surface area (Å²) in [5.41, 5.74) is 8.44. The number of esters is 2. The molecule has 11 rings (SSSR count). The third-order valence-corrected chi connectivity index (χ3v) is 18.9. The Bertz CT molecular complexity index is 4520. The molecule has 2 aromatic heterocycles. The van der Waals surface area contributed by atoms with E-state index in [0.717, 1.165) is 75.3 Å². The first-order valence-corrected chi connectivity index (χ1v) is 36.4. The van der Waals surface area contributed by atoms with Gasteiger partial charge in [-0.1, -0.05) is 132 Å². The number of carboxylic acid groups (broad SMARTS) is 3. The summed E-state index contributed by atoms with van der Waals surface area (Å²) in [6, 6.07) is 41.8. The van der Waals surface area contributed by atoms with E-state index >= 15 is 0 Å². The normalized spacial score (nSPS) is 14.7. The number of hydrogen-bond acceptors (Lipinski definition) is 16. The summed E-state index contributed by atoms with van der Waals surface area (Å²) in [6.07, 6.45) is 25.0. The summed E-state index contributed by atoms with van der Waals surface area (Å²) >= 11 is 1.36. The molecule has 0 bridgehead atoms. The molecule has 0 fully saturated rings. The van der Waals surface area contributed by atoms with Gasteiger partial charge in [0.25, 0.3) is 0 Å². The molecule has 18 nitrogen and oxygen atoms in total. The van der Waals surface area contributed by atoms with E-state index in [1.54, 1.807) is 98.8 Å². The predicted octanol–water partition coefficient (Wildman–Crippen LogP) is 17.9. The molecule has 6 aromatic carbocycles. The van der Waals surface area contributed by atoms with Crippen molar-refractivity contribution in [1.82, 2.24) is 0 Å². The fourth-order valence-corrected chi connectivity index (χ4v) is 13.2. The van der Waals surface area contributed by atoms with E-state index in [9.17, 15) is 53.7 Å². The van der Waals surface area contributed by atoms with Gasteiger partial charge in [-0.2, -0.15) is 0 Å². The Morgan fingerprint density at radius 3 is 1.69 bits per heavy atom. The SMILES string of the molecule is CCOC(=O)Cc1cccc2c(=O)cc(-c3ccc(OC(CCC4=CCCCC4)C(=O)O)cc3)oc12.COC(=O)C(C)c1ccc(OC(CCC2=CCCCC2)C(=O)O)c(C(=O)/C=C/c2ccccc2)c1.CSc1oc2cc(OC(CCC3=CCCCC3)C(=O)O)ccc2c(=O)c1-c1ccccc1. The first-order valence-electron chi connectivity index (χ1n) is 35.1. The quantitative estimate of drug-likeness (QED) is 0.0129. The van der Waals surface area contributed by atoms with Gasteiger partial charge in [-0.3, -0.25) is 24.0 Å². The van der Waals surface area contributed by atoms with E-state index in [2.05, 4.69) is 18.2 Å². The first kappa shape index (κ1) is 76.6. The van der Waals surface area contributed by atoms with Gasteiger partial charge in [-0.05, 0) is 213 Å². The molecule has 19 heteroatoms. The van der Waals surface area contributed by atoms with Gasteiger partial charge in [0.05, 0.1) is 48.0 Å². The average Bonchev–Trinajstić information content (AvgIpc) is 0.782. The zero-order chi connectivity index (χ0) is 73.2. The molecule has 538 valence electrons. The highest BCUT2D eigenvalue weighted by molar-refractivity contribution is 7.98. The van der Waals surface area contributed by atoms with Gasteiger partial charge in [0, 0.05) is 23.3 Å². The number of ether oxygens (including phenoxy) is 5. The summed E-state index contributed by atoms with van der Waals surface area (Å²) in [6.45, 7) is 3.70. The predicted molar refractivity (Wildman–Crippen MR) is 398 cm³/mol. The van der Waals surface area contributed by atoms with Crippen LogP contribution in [-0.4, -0.2) is 89.2 Å². The van der Waals surface area contributed by atoms with Crippen molar-refractivity contribution in [3.63, 3.8) is 0 Å². The standard InChI is InChI=1S/C29H30O7.C29H32O6.C26H26O5S/c1-2-34-27(31)17-21-9-6-10-23-24(30)18-26(36-28(21)23)20-12-14-22(15-13-20)35-25(29(32)33)16-11-19-7-4-3-5-8-19;1-20(29(33)34-2)23-15-18-26(24(19-23)25(30)16-13-21-9-5-3-6-10-21)35-27(28(31)32)17-14-22-11-7-4-8-12-22;1-32-26-23(18-10-6-3-7-11-18)24(27)20-14-13-19(16-22(20)31-26)30-21(25(28)29)15-12-17-8-4-2-5-9-17/h6-7,9-10,12-15,18,25H,2-5,8,11,16-17H2,1H3,(H,32,33);3,5-6,9-11,13,15-16,18-20,27H,4,7-8,12,14,17H2,1-2H3,(H,31,32);3,6-8,10-11,13-14,16,21H,2,4-5,9,12,15H2,1H3,(H,28,29)/b;16-13+;. The third kappa shape index (κ3) is 22.0. The number of carbonyl (C=O) groups excluding carboxylic acids is 3. The highest BCUT2D eigenvalue weighted by atomic mass is 32.2. The summed E-state index contributed by atoms with van der Waals surface area (Å²) in [5, 5.41) is 30.4. The van der Waals surface area contributed by atoms with E-state index in [-0.39, 0.29) is 41.0 Å². The van der Waals surface area contributed by atoms with Gasteiger partial charge in [0.15, 0.2) is 34.6 Å². The van der Waals surface area contributed by atoms with Crippen LogP contribution in [0, 0.1) is 0 Å². The van der Waals surface area contributed by atoms with Crippen molar-refractivity contribution in [2.75, 3.05) is 20.0 Å². The lowest BCUT2D eigenvalue weighted by molar-refractivity contribution is -0.146. The molecule has 0 saturated carbocycles. The second-order valence-corrected chi connectivity index (χ2v) is 26.3. The van der Waals surface area contributed by atoms with Crippen LogP contribution in [0.25, 0.3) is 50.5 Å². The number of allylic oxidation sites excluding steroid dienone is 7. The van der Waals surface area contributed by atoms with Gasteiger partial charge in [-0.25, -0.2) is 14.4 Å². The molecule has 4 unspecified atom stereocenters. The van der Waals surface area contributed by atoms with E-state index in [1.165, 1.54) is 67.0 Å². The minimum Gasteiger partial charge on any atom is -0.479 e. The molecule has 0 saturated heterocycles. The monoisotopic (exact) mass is 1420 g/mol. The largest absolute Gasteiger partial charge is 0.479 e. The Morgan fingerprint density at radius 2 is 1.15 bits per heavy atom. The summed E-state index contributed by atoms with van der Waals surface area (Å²) in [7, 11) is 1.31. The number of fused-ring (bicyclic) bond motifs is 2. The number of benzene rings is 6. The number of para-hydroxylation sites is 1. The van der Waals surface area contributed by atoms with Gasteiger partial charge in [0.1, 0.15) is 34.2 Å². The third-order valence-electron chi connectivity index (χ3n) is 18.2. The van der Waals surface area contributed by atoms with Crippen LogP contribution in [0.1, 0.15) is 162 Å². The first-order chi connectivity index (χ1) is 49.9. The van der Waals surface area contributed by atoms with Crippen molar-refractivity contribution < 1.29 is 76.6 Å². The molecule has 0 radical (unpaired) electrons. The average molecular weight is 1420 g/mol. The summed E-state index contributed by atoms with van der Waals surface area (Å²) in [4.78, 5) is 98.7. The Morgan fingerprint density at radius 1 is 0.583 bits per heavy atom. The molecular weight excluding hydrogens is 1330 g/mol. The smallest absolute Gasteiger partial charge is 0.344 e. The fraction of sp³-hybridized carbons (Fsp3) is 0.333. The van der Waals surface area contributed by atoms with Crippen LogP contribution >= 0.6 is 11.8 Å². The maximum Gasteiger partial charge on any atom is 0.344 e. The van der Waals surface area contributed by atoms with Crippen molar-refractivity contribution >= 4 is 75.4 Å². The molecule has 103 heavy (non-hydrogen) atoms. The Labute approximate surface area is 603 Å². The molecule has 3 N–H and O–H groups in total. The van der Waals surface area contributed by atoms with Crippen LogP contribution < -0.4 is 25.1 Å². The minimum absolute atomic E-state index is 0.00215. The fourth-order valence-electron chi connectivity index (χ4n) is 12.6. The number of aliphatic carboxylic acids is 3. The van der Waals surface area contributed by atoms with Gasteiger partial charge >= 0.3 is 29.8 Å². The van der Waals surface area contributed by atoms with Gasteiger partial charge in [-0.15, -0.1) is 0 Å². The molecule has 0 spiro atoms. The number of carboxylic acids is 3. The Kier molecular flexibility index (Phi) is 28.6. The second-order valence-electron chi connectivity index (χ2n) is 25.5. The van der Waals surface area contributed by atoms with Gasteiger partial charge in [0.2, 0.25) is 5.43 Å². The summed E-state index contributed by atoms with van der Waals surface area (Å²) < 4.78 is 39.4. The number of rotatable bonds is 29. The van der Waals surface area contributed by atoms with Crippen LogP contribution in [-0.2, 0) is 39.9 Å². The van der Waals surface area contributed by atoms with E-state index in [4.69, 9.17) is 32.5 Å². The molecule has 0 amide bonds. The highest BCUT2D eigenvalue weighted by Crippen LogP contribution is 2.35. The lowest BCUT2D eigenvalue weighted by Gasteiger charge is -2.20. The molecule has 8 aromatic rings. The Hall–Kier alpha value is -10.5. The molecule has 4 atom stereocenters.